The SMILES string of the molecule is COC(=O)Cc1c(OC(F)(F)F)ncc(CF)c1I. The minimum absolute atomic E-state index is 0.0778. The van der Waals surface area contributed by atoms with Gasteiger partial charge in [0.15, 0.2) is 0 Å². The van der Waals surface area contributed by atoms with Gasteiger partial charge in [-0.3, -0.25) is 4.79 Å². The van der Waals surface area contributed by atoms with Crippen LogP contribution in [0, 0.1) is 3.57 Å². The van der Waals surface area contributed by atoms with E-state index in [1.54, 1.807) is 22.6 Å². The summed E-state index contributed by atoms with van der Waals surface area (Å²) >= 11 is 1.63. The summed E-state index contributed by atoms with van der Waals surface area (Å²) in [5.41, 5.74) is -0.0750. The fourth-order valence-electron chi connectivity index (χ4n) is 1.22. The fraction of sp³-hybridized carbons (Fsp3) is 0.400. The number of hydrogen-bond donors (Lipinski definition) is 0. The predicted octanol–water partition coefficient (Wildman–Crippen LogP) is 2.77. The molecule has 4 nitrogen and oxygen atoms in total. The van der Waals surface area contributed by atoms with Gasteiger partial charge in [0.1, 0.15) is 6.67 Å². The molecule has 0 aliphatic carbocycles. The van der Waals surface area contributed by atoms with Gasteiger partial charge in [0.25, 0.3) is 0 Å². The quantitative estimate of drug-likeness (QED) is 0.449. The second kappa shape index (κ2) is 6.35. The summed E-state index contributed by atoms with van der Waals surface area (Å²) < 4.78 is 57.5. The van der Waals surface area contributed by atoms with Gasteiger partial charge in [-0.2, -0.15) is 0 Å². The Balaban J connectivity index is 3.22. The van der Waals surface area contributed by atoms with Crippen LogP contribution in [-0.2, 0) is 22.6 Å². The number of nitrogens with zero attached hydrogens (tertiary/aromatic N) is 1. The zero-order valence-electron chi connectivity index (χ0n) is 9.55. The normalized spacial score (nSPS) is 11.3. The second-order valence-electron chi connectivity index (χ2n) is 3.32. The largest absolute Gasteiger partial charge is 0.574 e. The molecule has 1 heterocycles. The molecule has 1 aromatic rings. The number of aromatic nitrogens is 1. The first-order valence-electron chi connectivity index (χ1n) is 4.83. The maximum Gasteiger partial charge on any atom is 0.574 e. The van der Waals surface area contributed by atoms with Crippen molar-refractivity contribution < 1.29 is 31.8 Å². The molecule has 0 fully saturated rings. The number of alkyl halides is 4. The Kier molecular flexibility index (Phi) is 5.32. The van der Waals surface area contributed by atoms with Crippen LogP contribution in [0.4, 0.5) is 17.6 Å². The molecule has 0 aliphatic heterocycles. The molecule has 106 valence electrons. The number of carbonyl (C=O) groups excluding carboxylic acids is 1. The van der Waals surface area contributed by atoms with Crippen molar-refractivity contribution in [1.82, 2.24) is 4.98 Å². The Morgan fingerprint density at radius 3 is 2.58 bits per heavy atom. The molecule has 0 radical (unpaired) electrons. The number of halogens is 5. The van der Waals surface area contributed by atoms with E-state index in [0.717, 1.165) is 13.3 Å². The Bertz CT molecular complexity index is 479. The molecule has 0 atom stereocenters. The Hall–Kier alpha value is -1.13. The van der Waals surface area contributed by atoms with E-state index in [1.807, 2.05) is 0 Å². The average Bonchev–Trinajstić information content (AvgIpc) is 2.32. The maximum atomic E-state index is 12.6. The van der Waals surface area contributed by atoms with Crippen molar-refractivity contribution in [2.75, 3.05) is 7.11 Å². The summed E-state index contributed by atoms with van der Waals surface area (Å²) in [5, 5.41) is 0. The third-order valence-corrected chi connectivity index (χ3v) is 3.39. The third-order valence-electron chi connectivity index (χ3n) is 2.05. The van der Waals surface area contributed by atoms with Crippen molar-refractivity contribution in [2.24, 2.45) is 0 Å². The fourth-order valence-corrected chi connectivity index (χ4v) is 1.92. The molecule has 9 heteroatoms. The van der Waals surface area contributed by atoms with Crippen LogP contribution in [0.2, 0.25) is 0 Å². The van der Waals surface area contributed by atoms with Crippen LogP contribution in [0.15, 0.2) is 6.20 Å². The molecule has 0 aromatic carbocycles. The predicted molar refractivity (Wildman–Crippen MR) is 64.2 cm³/mol. The summed E-state index contributed by atoms with van der Waals surface area (Å²) in [5.74, 6) is -1.55. The van der Waals surface area contributed by atoms with E-state index in [2.05, 4.69) is 14.5 Å². The standard InChI is InChI=1S/C10H8F4INO3/c1-18-7(17)2-6-8(15)5(3-11)4-16-9(6)19-10(12,13)14/h4H,2-3H2,1H3. The number of hydrogen-bond acceptors (Lipinski definition) is 4. The van der Waals surface area contributed by atoms with Gasteiger partial charge in [0.2, 0.25) is 5.88 Å². The zero-order chi connectivity index (χ0) is 14.6. The van der Waals surface area contributed by atoms with Crippen molar-refractivity contribution in [2.45, 2.75) is 19.5 Å². The number of rotatable bonds is 4. The summed E-state index contributed by atoms with van der Waals surface area (Å²) in [6, 6.07) is 0. The van der Waals surface area contributed by atoms with Crippen LogP contribution in [-0.4, -0.2) is 24.4 Å². The van der Waals surface area contributed by atoms with Crippen LogP contribution in [0.25, 0.3) is 0 Å². The molecule has 0 amide bonds. The Morgan fingerprint density at radius 2 is 2.11 bits per heavy atom. The van der Waals surface area contributed by atoms with Crippen LogP contribution in [0.3, 0.4) is 0 Å². The molecular formula is C10H8F4INO3. The molecule has 1 rings (SSSR count). The van der Waals surface area contributed by atoms with Gasteiger partial charge in [-0.05, 0) is 22.6 Å². The number of pyridine rings is 1. The van der Waals surface area contributed by atoms with Crippen LogP contribution in [0.1, 0.15) is 11.1 Å². The number of carbonyl (C=O) groups is 1. The maximum absolute atomic E-state index is 12.6. The second-order valence-corrected chi connectivity index (χ2v) is 4.39. The van der Waals surface area contributed by atoms with Gasteiger partial charge in [0, 0.05) is 20.9 Å². The summed E-state index contributed by atoms with van der Waals surface area (Å²) in [6.45, 7) is -0.911. The van der Waals surface area contributed by atoms with Crippen LogP contribution >= 0.6 is 22.6 Å². The van der Waals surface area contributed by atoms with Gasteiger partial charge in [0.05, 0.1) is 13.5 Å². The molecule has 1 aromatic heterocycles. The summed E-state index contributed by atoms with van der Waals surface area (Å²) in [7, 11) is 1.09. The van der Waals surface area contributed by atoms with Crippen molar-refractivity contribution in [3.05, 3.63) is 20.9 Å². The zero-order valence-corrected chi connectivity index (χ0v) is 11.7. The topological polar surface area (TPSA) is 48.4 Å². The lowest BCUT2D eigenvalue weighted by atomic mass is 10.1. The van der Waals surface area contributed by atoms with E-state index in [-0.39, 0.29) is 14.7 Å². The molecule has 0 N–H and O–H groups in total. The third kappa shape index (κ3) is 4.48. The monoisotopic (exact) mass is 393 g/mol. The smallest absolute Gasteiger partial charge is 0.469 e. The van der Waals surface area contributed by atoms with E-state index in [0.29, 0.717) is 0 Å². The van der Waals surface area contributed by atoms with Crippen LogP contribution < -0.4 is 4.74 Å². The average molecular weight is 393 g/mol. The highest BCUT2D eigenvalue weighted by Crippen LogP contribution is 2.30. The van der Waals surface area contributed by atoms with E-state index >= 15 is 0 Å². The van der Waals surface area contributed by atoms with Crippen molar-refractivity contribution in [1.29, 1.82) is 0 Å². The van der Waals surface area contributed by atoms with E-state index in [1.165, 1.54) is 0 Å². The van der Waals surface area contributed by atoms with Crippen molar-refractivity contribution in [3.63, 3.8) is 0 Å². The summed E-state index contributed by atoms with van der Waals surface area (Å²) in [6.07, 6.45) is -4.50. The highest BCUT2D eigenvalue weighted by atomic mass is 127. The van der Waals surface area contributed by atoms with E-state index in [9.17, 15) is 22.4 Å². The van der Waals surface area contributed by atoms with Crippen molar-refractivity contribution >= 4 is 28.6 Å². The van der Waals surface area contributed by atoms with E-state index in [4.69, 9.17) is 0 Å². The molecule has 0 aliphatic rings. The lowest BCUT2D eigenvalue weighted by molar-refractivity contribution is -0.276. The van der Waals surface area contributed by atoms with Gasteiger partial charge in [-0.1, -0.05) is 0 Å². The Morgan fingerprint density at radius 1 is 1.47 bits per heavy atom. The lowest BCUT2D eigenvalue weighted by Crippen LogP contribution is -2.20. The highest BCUT2D eigenvalue weighted by molar-refractivity contribution is 14.1. The lowest BCUT2D eigenvalue weighted by Gasteiger charge is -2.14. The first-order valence-corrected chi connectivity index (χ1v) is 5.91. The molecule has 0 saturated carbocycles. The molecule has 0 bridgehead atoms. The number of esters is 1. The highest BCUT2D eigenvalue weighted by Gasteiger charge is 2.34. The first-order chi connectivity index (χ1) is 8.78. The van der Waals surface area contributed by atoms with Gasteiger partial charge < -0.3 is 9.47 Å². The molecule has 0 saturated heterocycles. The van der Waals surface area contributed by atoms with Gasteiger partial charge in [-0.15, -0.1) is 13.2 Å². The van der Waals surface area contributed by atoms with E-state index < -0.39 is 31.3 Å². The van der Waals surface area contributed by atoms with Gasteiger partial charge in [-0.25, -0.2) is 9.37 Å². The Labute approximate surface area is 119 Å². The minimum atomic E-state index is -4.95. The minimum Gasteiger partial charge on any atom is -0.469 e. The van der Waals surface area contributed by atoms with Crippen LogP contribution in [0.5, 0.6) is 5.88 Å². The molecule has 19 heavy (non-hydrogen) atoms. The molecule has 0 unspecified atom stereocenters. The first kappa shape index (κ1) is 15.9. The summed E-state index contributed by atoms with van der Waals surface area (Å²) in [4.78, 5) is 14.6. The molecular weight excluding hydrogens is 385 g/mol. The van der Waals surface area contributed by atoms with Gasteiger partial charge >= 0.3 is 12.3 Å². The number of methoxy groups -OCH3 is 1. The number of ether oxygens (including phenoxy) is 2. The van der Waals surface area contributed by atoms with Crippen molar-refractivity contribution in [3.8, 4) is 5.88 Å². The molecule has 0 spiro atoms.